The zero-order valence-corrected chi connectivity index (χ0v) is 30.4. The van der Waals surface area contributed by atoms with E-state index in [1.807, 2.05) is 36.5 Å². The molecule has 2 aromatic heterocycles. The number of nitrogens with zero attached hydrogens (tertiary/aromatic N) is 4. The van der Waals surface area contributed by atoms with E-state index in [4.69, 9.17) is 19.3 Å². The minimum Gasteiger partial charge on any atom is -0.493 e. The quantitative estimate of drug-likeness (QED) is 0.208. The van der Waals surface area contributed by atoms with Crippen LogP contribution in [-0.2, 0) is 30.0 Å². The summed E-state index contributed by atoms with van der Waals surface area (Å²) in [5.74, 6) is 1.25. The van der Waals surface area contributed by atoms with Gasteiger partial charge >= 0.3 is 5.97 Å². The molecule has 0 spiro atoms. The molecule has 2 aliphatic rings. The normalized spacial score (nSPS) is 18.5. The van der Waals surface area contributed by atoms with Crippen molar-refractivity contribution in [3.05, 3.63) is 88.5 Å². The number of nitrogens with one attached hydrogen (secondary N) is 1. The molecule has 262 valence electrons. The van der Waals surface area contributed by atoms with E-state index in [1.54, 1.807) is 11.8 Å². The Morgan fingerprint density at radius 1 is 1.10 bits per heavy atom. The molecule has 0 aliphatic carbocycles. The Kier molecular flexibility index (Phi) is 9.67. The molecular formula is C39H45N5O5S. The number of ether oxygens (including phenoxy) is 3. The number of aliphatic hydroxyl groups excluding tert-OH is 1. The van der Waals surface area contributed by atoms with Gasteiger partial charge in [-0.2, -0.15) is 5.10 Å². The fourth-order valence-corrected chi connectivity index (χ4v) is 8.44. The van der Waals surface area contributed by atoms with Crippen molar-refractivity contribution in [2.75, 3.05) is 39.7 Å². The number of aryl methyl sites for hydroxylation is 4. The van der Waals surface area contributed by atoms with E-state index in [-0.39, 0.29) is 18.6 Å². The highest BCUT2D eigenvalue weighted by Gasteiger charge is 2.31. The first-order valence-electron chi connectivity index (χ1n) is 17.1. The third-order valence-corrected chi connectivity index (χ3v) is 11.0. The first kappa shape index (κ1) is 34.2. The molecule has 0 saturated carbocycles. The molecule has 3 aromatic carbocycles. The average molecular weight is 696 g/mol. The average Bonchev–Trinajstić information content (AvgIpc) is 3.72. The summed E-state index contributed by atoms with van der Waals surface area (Å²) in [6, 6.07) is 16.9. The van der Waals surface area contributed by atoms with Crippen LogP contribution in [0.25, 0.3) is 32.8 Å². The maximum atomic E-state index is 13.4. The second-order valence-corrected chi connectivity index (χ2v) is 14.2. The van der Waals surface area contributed by atoms with Crippen molar-refractivity contribution in [1.29, 1.82) is 0 Å². The molecular weight excluding hydrogens is 651 g/mol. The van der Waals surface area contributed by atoms with Gasteiger partial charge in [-0.3, -0.25) is 4.68 Å². The number of aliphatic hydroxyl groups is 1. The molecule has 2 aliphatic heterocycles. The molecule has 2 atom stereocenters. The molecule has 0 amide bonds. The van der Waals surface area contributed by atoms with E-state index in [2.05, 4.69) is 72.8 Å². The number of benzene rings is 3. The third-order valence-electron chi connectivity index (χ3n) is 10.0. The number of hydrogen-bond donors (Lipinski definition) is 2. The lowest BCUT2D eigenvalue weighted by molar-refractivity contribution is 0.0209. The Bertz CT molecular complexity index is 2120. The van der Waals surface area contributed by atoms with E-state index in [9.17, 15) is 9.90 Å². The molecule has 5 aromatic rings. The predicted molar refractivity (Wildman–Crippen MR) is 198 cm³/mol. The van der Waals surface area contributed by atoms with Crippen LogP contribution in [0.4, 0.5) is 0 Å². The molecule has 4 heterocycles. The number of thioether (sulfide) groups is 1. The summed E-state index contributed by atoms with van der Waals surface area (Å²) < 4.78 is 22.4. The summed E-state index contributed by atoms with van der Waals surface area (Å²) in [4.78, 5) is 14.6. The highest BCUT2D eigenvalue weighted by molar-refractivity contribution is 7.99. The van der Waals surface area contributed by atoms with Crippen molar-refractivity contribution < 1.29 is 24.1 Å². The van der Waals surface area contributed by atoms with Crippen molar-refractivity contribution >= 4 is 39.4 Å². The summed E-state index contributed by atoms with van der Waals surface area (Å²) in [6.07, 6.45) is 3.49. The van der Waals surface area contributed by atoms with Gasteiger partial charge in [0, 0.05) is 78.1 Å². The van der Waals surface area contributed by atoms with Gasteiger partial charge in [-0.25, -0.2) is 10.2 Å². The standard InChI is InChI=1S/C39H45N5O5S/c1-23-13-14-31-30-12-9-17-48-33-20-28(18-25-10-7-8-11-29(25)33)50-22-27-19-26(40-44(27)5)21-49-32(15-16-45)36-35(24(2)43(4)41-36)34(23)37(31)42(3)38(30)39(46)47-6/h7-8,10-11,13-14,18-20,26,32,40,45H,9,12,15-17,21-22H2,1-6H3. The number of esters is 1. The van der Waals surface area contributed by atoms with Crippen molar-refractivity contribution in [2.45, 2.75) is 50.2 Å². The van der Waals surface area contributed by atoms with E-state index in [0.717, 1.165) is 71.7 Å². The van der Waals surface area contributed by atoms with Crippen molar-refractivity contribution in [3.8, 4) is 16.9 Å². The van der Waals surface area contributed by atoms with Gasteiger partial charge < -0.3 is 28.9 Å². The van der Waals surface area contributed by atoms with Gasteiger partial charge in [0.25, 0.3) is 0 Å². The smallest absolute Gasteiger partial charge is 0.354 e. The number of fused-ring (bicyclic) bond motifs is 7. The summed E-state index contributed by atoms with van der Waals surface area (Å²) in [5, 5.41) is 20.5. The van der Waals surface area contributed by atoms with Crippen LogP contribution in [0.15, 0.2) is 65.2 Å². The van der Waals surface area contributed by atoms with Crippen molar-refractivity contribution in [1.82, 2.24) is 24.8 Å². The van der Waals surface area contributed by atoms with Crippen LogP contribution in [0.5, 0.6) is 5.75 Å². The topological polar surface area (TPSA) is 103 Å². The Balaban J connectivity index is 1.39. The Morgan fingerprint density at radius 2 is 1.92 bits per heavy atom. The largest absolute Gasteiger partial charge is 0.493 e. The molecule has 11 heteroatoms. The number of carbonyl (C=O) groups is 1. The Labute approximate surface area is 297 Å². The highest BCUT2D eigenvalue weighted by Crippen LogP contribution is 2.42. The second-order valence-electron chi connectivity index (χ2n) is 13.2. The first-order chi connectivity index (χ1) is 24.2. The van der Waals surface area contributed by atoms with E-state index < -0.39 is 6.10 Å². The minimum atomic E-state index is -0.453. The van der Waals surface area contributed by atoms with Gasteiger partial charge in [0.15, 0.2) is 0 Å². The zero-order chi connectivity index (χ0) is 35.1. The van der Waals surface area contributed by atoms with E-state index in [0.29, 0.717) is 38.2 Å². The van der Waals surface area contributed by atoms with Gasteiger partial charge in [0.2, 0.25) is 0 Å². The van der Waals surface area contributed by atoms with Gasteiger partial charge in [-0.1, -0.05) is 36.4 Å². The van der Waals surface area contributed by atoms with E-state index >= 15 is 0 Å². The fourth-order valence-electron chi connectivity index (χ4n) is 7.44. The summed E-state index contributed by atoms with van der Waals surface area (Å²) in [5.41, 5.74) is 11.9. The fraction of sp³-hybridized carbons (Fsp3) is 0.385. The summed E-state index contributed by atoms with van der Waals surface area (Å²) >= 11 is 1.77. The maximum Gasteiger partial charge on any atom is 0.354 e. The molecule has 0 radical (unpaired) electrons. The van der Waals surface area contributed by atoms with Crippen LogP contribution in [-0.4, -0.2) is 76.2 Å². The lowest BCUT2D eigenvalue weighted by Crippen LogP contribution is -2.37. The van der Waals surface area contributed by atoms with Crippen LogP contribution in [0.2, 0.25) is 0 Å². The monoisotopic (exact) mass is 695 g/mol. The number of hydrazine groups is 1. The molecule has 2 N–H and O–H groups in total. The zero-order valence-electron chi connectivity index (χ0n) is 29.6. The predicted octanol–water partition coefficient (Wildman–Crippen LogP) is 6.40. The SMILES string of the molecule is COC(=O)c1c2c3ccc(C)c(c3n1C)-c1c(nn(C)c1C)C(CCO)OCC1C=C(CSc3cc(c4ccccc4c3)OCCC2)N(C)N1. The van der Waals surface area contributed by atoms with Gasteiger partial charge in [0.1, 0.15) is 17.5 Å². The van der Waals surface area contributed by atoms with Crippen molar-refractivity contribution in [2.24, 2.45) is 14.1 Å². The molecule has 7 rings (SSSR count). The molecule has 0 saturated heterocycles. The van der Waals surface area contributed by atoms with Gasteiger partial charge in [-0.05, 0) is 61.4 Å². The minimum absolute atomic E-state index is 0.0436. The first-order valence-corrected chi connectivity index (χ1v) is 18.1. The number of aromatic nitrogens is 3. The van der Waals surface area contributed by atoms with Gasteiger partial charge in [-0.15, -0.1) is 11.8 Å². The number of rotatable bonds is 3. The van der Waals surface area contributed by atoms with Crippen LogP contribution >= 0.6 is 11.8 Å². The van der Waals surface area contributed by atoms with Crippen molar-refractivity contribution in [3.63, 3.8) is 0 Å². The lowest BCUT2D eigenvalue weighted by atomic mass is 9.92. The molecule has 2 unspecified atom stereocenters. The van der Waals surface area contributed by atoms with Crippen LogP contribution < -0.4 is 10.2 Å². The maximum absolute atomic E-state index is 13.4. The third kappa shape index (κ3) is 6.17. The highest BCUT2D eigenvalue weighted by atomic mass is 32.2. The molecule has 0 fully saturated rings. The number of hydrogen-bond acceptors (Lipinski definition) is 9. The van der Waals surface area contributed by atoms with Crippen LogP contribution in [0.3, 0.4) is 0 Å². The lowest BCUT2D eigenvalue weighted by Gasteiger charge is -2.22. The van der Waals surface area contributed by atoms with Crippen LogP contribution in [0.1, 0.15) is 51.9 Å². The van der Waals surface area contributed by atoms with Crippen LogP contribution in [0, 0.1) is 13.8 Å². The summed E-state index contributed by atoms with van der Waals surface area (Å²) in [7, 11) is 7.34. The number of methoxy groups -OCH3 is 1. The number of carbonyl (C=O) groups excluding carboxylic acids is 1. The Morgan fingerprint density at radius 3 is 2.72 bits per heavy atom. The van der Waals surface area contributed by atoms with E-state index in [1.165, 1.54) is 12.8 Å². The second kappa shape index (κ2) is 14.1. The molecule has 10 nitrogen and oxygen atoms in total. The Hall–Kier alpha value is -4.29. The van der Waals surface area contributed by atoms with Gasteiger partial charge in [0.05, 0.1) is 37.6 Å². The summed E-state index contributed by atoms with van der Waals surface area (Å²) in [6.45, 7) is 4.99. The molecule has 8 bridgehead atoms. The molecule has 50 heavy (non-hydrogen) atoms.